The summed E-state index contributed by atoms with van der Waals surface area (Å²) in [5.74, 6) is -0.778. The summed E-state index contributed by atoms with van der Waals surface area (Å²) in [5, 5.41) is 15.7. The first-order valence-electron chi connectivity index (χ1n) is 6.87. The second-order valence-electron chi connectivity index (χ2n) is 5.11. The largest absolute Gasteiger partial charge is 0.481 e. The summed E-state index contributed by atoms with van der Waals surface area (Å²) in [6.07, 6.45) is 4.16. The number of carbonyl (C=O) groups is 2. The third kappa shape index (κ3) is 4.45. The van der Waals surface area contributed by atoms with E-state index in [2.05, 4.69) is 10.4 Å². The summed E-state index contributed by atoms with van der Waals surface area (Å²) < 4.78 is 6.65. The molecule has 21 heavy (non-hydrogen) atoms. The van der Waals surface area contributed by atoms with E-state index in [1.165, 1.54) is 0 Å². The van der Waals surface area contributed by atoms with E-state index in [-0.39, 0.29) is 18.4 Å². The number of urea groups is 1. The van der Waals surface area contributed by atoms with Crippen molar-refractivity contribution in [2.45, 2.75) is 19.4 Å². The first-order valence-corrected chi connectivity index (χ1v) is 6.87. The van der Waals surface area contributed by atoms with Crippen LogP contribution in [0.2, 0.25) is 0 Å². The fourth-order valence-electron chi connectivity index (χ4n) is 2.37. The molecule has 0 radical (unpaired) electrons. The number of carbonyl (C=O) groups excluding carboxylic acids is 1. The molecule has 0 aromatic carbocycles. The smallest absolute Gasteiger partial charge is 0.321 e. The van der Waals surface area contributed by atoms with Gasteiger partial charge in [0.25, 0.3) is 0 Å². The molecule has 1 aromatic heterocycles. The Hall–Kier alpha value is -2.09. The van der Waals surface area contributed by atoms with Crippen LogP contribution in [0.15, 0.2) is 12.4 Å². The van der Waals surface area contributed by atoms with Crippen LogP contribution < -0.4 is 5.32 Å². The molecule has 0 bridgehead atoms. The number of likely N-dealkylation sites (tertiary alicyclic amines) is 1. The van der Waals surface area contributed by atoms with Crippen molar-refractivity contribution >= 4 is 17.7 Å². The van der Waals surface area contributed by atoms with Crippen LogP contribution in [0.3, 0.4) is 0 Å². The summed E-state index contributed by atoms with van der Waals surface area (Å²) in [7, 11) is 1.62. The number of nitrogens with one attached hydrogen (secondary N) is 1. The number of amides is 2. The van der Waals surface area contributed by atoms with Gasteiger partial charge in [0.1, 0.15) is 0 Å². The van der Waals surface area contributed by atoms with Crippen molar-refractivity contribution in [3.05, 3.63) is 12.4 Å². The Bertz CT molecular complexity index is 502. The van der Waals surface area contributed by atoms with Gasteiger partial charge in [0.05, 0.1) is 25.0 Å². The Morgan fingerprint density at radius 3 is 3.10 bits per heavy atom. The average molecular weight is 296 g/mol. The minimum Gasteiger partial charge on any atom is -0.481 e. The molecule has 1 atom stereocenters. The number of nitrogens with zero attached hydrogens (tertiary/aromatic N) is 3. The van der Waals surface area contributed by atoms with Crippen LogP contribution in [-0.4, -0.2) is 58.6 Å². The summed E-state index contributed by atoms with van der Waals surface area (Å²) in [6, 6.07) is -0.214. The highest BCUT2D eigenvalue weighted by molar-refractivity contribution is 5.89. The highest BCUT2D eigenvalue weighted by atomic mass is 16.5. The Morgan fingerprint density at radius 1 is 1.57 bits per heavy atom. The molecule has 1 aromatic rings. The zero-order valence-corrected chi connectivity index (χ0v) is 12.0. The van der Waals surface area contributed by atoms with Crippen LogP contribution in [0.5, 0.6) is 0 Å². The SMILES string of the molecule is COCCn1cc(NC(=O)N2CCC(CC(=O)O)C2)cn1. The van der Waals surface area contributed by atoms with Crippen molar-refractivity contribution in [2.24, 2.45) is 5.92 Å². The van der Waals surface area contributed by atoms with Gasteiger partial charge in [-0.3, -0.25) is 9.48 Å². The molecular formula is C13H20N4O4. The van der Waals surface area contributed by atoms with Crippen molar-refractivity contribution < 1.29 is 19.4 Å². The lowest BCUT2D eigenvalue weighted by Crippen LogP contribution is -2.33. The van der Waals surface area contributed by atoms with Crippen molar-refractivity contribution in [3.63, 3.8) is 0 Å². The van der Waals surface area contributed by atoms with E-state index in [4.69, 9.17) is 9.84 Å². The number of rotatable bonds is 6. The molecule has 2 N–H and O–H groups in total. The fraction of sp³-hybridized carbons (Fsp3) is 0.615. The van der Waals surface area contributed by atoms with Gasteiger partial charge in [0.2, 0.25) is 0 Å². The molecule has 2 heterocycles. The van der Waals surface area contributed by atoms with Crippen molar-refractivity contribution in [2.75, 3.05) is 32.1 Å². The molecule has 1 saturated heterocycles. The van der Waals surface area contributed by atoms with Crippen molar-refractivity contribution in [1.82, 2.24) is 14.7 Å². The maximum Gasteiger partial charge on any atom is 0.321 e. The predicted molar refractivity (Wildman–Crippen MR) is 75.1 cm³/mol. The van der Waals surface area contributed by atoms with Gasteiger partial charge in [-0.25, -0.2) is 4.79 Å². The number of hydrogen-bond acceptors (Lipinski definition) is 4. The Kier molecular flexibility index (Phi) is 5.15. The molecule has 0 aliphatic carbocycles. The maximum atomic E-state index is 12.1. The highest BCUT2D eigenvalue weighted by Crippen LogP contribution is 2.20. The van der Waals surface area contributed by atoms with E-state index in [1.54, 1.807) is 29.1 Å². The fourth-order valence-corrected chi connectivity index (χ4v) is 2.37. The highest BCUT2D eigenvalue weighted by Gasteiger charge is 2.27. The van der Waals surface area contributed by atoms with Gasteiger partial charge in [-0.15, -0.1) is 0 Å². The minimum absolute atomic E-state index is 0.0395. The number of aromatic nitrogens is 2. The summed E-state index contributed by atoms with van der Waals surface area (Å²) in [4.78, 5) is 24.4. The van der Waals surface area contributed by atoms with Gasteiger partial charge < -0.3 is 20.1 Å². The Balaban J connectivity index is 1.81. The molecule has 1 aliphatic heterocycles. The first kappa shape index (κ1) is 15.3. The molecule has 8 nitrogen and oxygen atoms in total. The van der Waals surface area contributed by atoms with Gasteiger partial charge in [-0.1, -0.05) is 0 Å². The third-order valence-corrected chi connectivity index (χ3v) is 3.45. The first-order chi connectivity index (χ1) is 10.1. The van der Waals surface area contributed by atoms with Crippen molar-refractivity contribution in [3.8, 4) is 0 Å². The second-order valence-corrected chi connectivity index (χ2v) is 5.11. The van der Waals surface area contributed by atoms with E-state index in [0.29, 0.717) is 31.9 Å². The zero-order valence-electron chi connectivity index (χ0n) is 12.0. The topological polar surface area (TPSA) is 96.7 Å². The van der Waals surface area contributed by atoms with E-state index in [9.17, 15) is 9.59 Å². The zero-order chi connectivity index (χ0) is 15.2. The number of carboxylic acids is 1. The quantitative estimate of drug-likeness (QED) is 0.811. The van der Waals surface area contributed by atoms with Crippen LogP contribution in [0, 0.1) is 5.92 Å². The summed E-state index contributed by atoms with van der Waals surface area (Å²) in [5.41, 5.74) is 0.623. The molecule has 2 rings (SSSR count). The maximum absolute atomic E-state index is 12.1. The summed E-state index contributed by atoms with van der Waals surface area (Å²) >= 11 is 0. The molecule has 1 unspecified atom stereocenters. The number of hydrogen-bond donors (Lipinski definition) is 2. The molecule has 0 saturated carbocycles. The number of aliphatic carboxylic acids is 1. The monoisotopic (exact) mass is 296 g/mol. The lowest BCUT2D eigenvalue weighted by atomic mass is 10.1. The Morgan fingerprint density at radius 2 is 2.38 bits per heavy atom. The molecule has 1 aliphatic rings. The molecule has 116 valence electrons. The van der Waals surface area contributed by atoms with E-state index in [1.807, 2.05) is 0 Å². The van der Waals surface area contributed by atoms with Crippen LogP contribution in [0.1, 0.15) is 12.8 Å². The number of methoxy groups -OCH3 is 1. The van der Waals surface area contributed by atoms with Gasteiger partial charge >= 0.3 is 12.0 Å². The number of carboxylic acid groups (broad SMARTS) is 1. The second kappa shape index (κ2) is 7.07. The van der Waals surface area contributed by atoms with Crippen LogP contribution in [0.25, 0.3) is 0 Å². The van der Waals surface area contributed by atoms with Crippen molar-refractivity contribution in [1.29, 1.82) is 0 Å². The van der Waals surface area contributed by atoms with E-state index >= 15 is 0 Å². The molecule has 1 fully saturated rings. The van der Waals surface area contributed by atoms with E-state index in [0.717, 1.165) is 6.42 Å². The van der Waals surface area contributed by atoms with Gasteiger partial charge in [0, 0.05) is 32.8 Å². The standard InChI is InChI=1S/C13H20N4O4/c1-21-5-4-17-9-11(7-14-17)15-13(20)16-3-2-10(8-16)6-12(18)19/h7,9-10H,2-6,8H2,1H3,(H,15,20)(H,18,19). The minimum atomic E-state index is -0.818. The average Bonchev–Trinajstić information content (AvgIpc) is 3.05. The van der Waals surface area contributed by atoms with Gasteiger partial charge in [-0.2, -0.15) is 5.10 Å². The van der Waals surface area contributed by atoms with E-state index < -0.39 is 5.97 Å². The van der Waals surface area contributed by atoms with Gasteiger partial charge in [0.15, 0.2) is 0 Å². The van der Waals surface area contributed by atoms with Crippen LogP contribution >= 0.6 is 0 Å². The van der Waals surface area contributed by atoms with Crippen LogP contribution in [0.4, 0.5) is 10.5 Å². The lowest BCUT2D eigenvalue weighted by Gasteiger charge is -2.16. The number of ether oxygens (including phenoxy) is 1. The Labute approximate surface area is 122 Å². The molecule has 0 spiro atoms. The third-order valence-electron chi connectivity index (χ3n) is 3.45. The molecule has 8 heteroatoms. The van der Waals surface area contributed by atoms with Crippen LogP contribution in [-0.2, 0) is 16.1 Å². The number of anilines is 1. The lowest BCUT2D eigenvalue weighted by molar-refractivity contribution is -0.138. The summed E-state index contributed by atoms with van der Waals surface area (Å²) in [6.45, 7) is 2.24. The molecular weight excluding hydrogens is 276 g/mol. The predicted octanol–water partition coefficient (Wildman–Crippen LogP) is 0.858. The molecule has 2 amide bonds. The normalized spacial score (nSPS) is 18.0. The van der Waals surface area contributed by atoms with Gasteiger partial charge in [-0.05, 0) is 12.3 Å².